The van der Waals surface area contributed by atoms with Crippen molar-refractivity contribution in [2.75, 3.05) is 6.54 Å². The summed E-state index contributed by atoms with van der Waals surface area (Å²) in [6.07, 6.45) is 1.66. The third-order valence-electron chi connectivity index (χ3n) is 1.99. The normalized spacial score (nSPS) is 15.3. The predicted octanol–water partition coefficient (Wildman–Crippen LogP) is 0.886. The van der Waals surface area contributed by atoms with Crippen molar-refractivity contribution in [3.63, 3.8) is 0 Å². The van der Waals surface area contributed by atoms with Gasteiger partial charge in [0.15, 0.2) is 0 Å². The van der Waals surface area contributed by atoms with Crippen molar-refractivity contribution < 1.29 is 4.79 Å². The first kappa shape index (κ1) is 11.4. The average molecular weight is 172 g/mol. The van der Waals surface area contributed by atoms with Gasteiger partial charge in [-0.15, -0.1) is 0 Å². The van der Waals surface area contributed by atoms with Crippen molar-refractivity contribution in [3.8, 4) is 0 Å². The third-order valence-corrected chi connectivity index (χ3v) is 1.99. The molecule has 0 fully saturated rings. The summed E-state index contributed by atoms with van der Waals surface area (Å²) in [6.45, 7) is 6.58. The molecule has 0 aliphatic heterocycles. The Labute approximate surface area is 74.7 Å². The third kappa shape index (κ3) is 5.13. The van der Waals surface area contributed by atoms with Crippen molar-refractivity contribution in [1.82, 2.24) is 5.32 Å². The lowest BCUT2D eigenvalue weighted by Gasteiger charge is -2.13. The maximum atomic E-state index is 11.2. The van der Waals surface area contributed by atoms with Gasteiger partial charge in [0.25, 0.3) is 0 Å². The summed E-state index contributed by atoms with van der Waals surface area (Å²) in [5.41, 5.74) is 5.37. The number of hydrogen-bond acceptors (Lipinski definition) is 2. The minimum Gasteiger partial charge on any atom is -0.352 e. The Bertz CT molecular complexity index is 122. The molecule has 0 saturated heterocycles. The van der Waals surface area contributed by atoms with E-state index in [1.54, 1.807) is 0 Å². The van der Waals surface area contributed by atoms with Crippen molar-refractivity contribution in [2.24, 2.45) is 11.7 Å². The largest absolute Gasteiger partial charge is 0.352 e. The van der Waals surface area contributed by atoms with Crippen LogP contribution in [0.2, 0.25) is 0 Å². The van der Waals surface area contributed by atoms with E-state index in [1.165, 1.54) is 0 Å². The maximum Gasteiger partial charge on any atom is 0.220 e. The van der Waals surface area contributed by atoms with E-state index in [2.05, 4.69) is 19.2 Å². The second-order valence-corrected chi connectivity index (χ2v) is 3.42. The smallest absolute Gasteiger partial charge is 0.220 e. The quantitative estimate of drug-likeness (QED) is 0.647. The molecule has 72 valence electrons. The first-order chi connectivity index (χ1) is 5.60. The number of amides is 1. The molecule has 2 unspecified atom stereocenters. The molecule has 3 heteroatoms. The Morgan fingerprint density at radius 3 is 2.50 bits per heavy atom. The standard InChI is InChI=1S/C9H20N2O/c1-4-7(2)5-9(12)11-8(3)6-10/h7-8H,4-6,10H2,1-3H3,(H,11,12). The average Bonchev–Trinajstić information content (AvgIpc) is 2.03. The van der Waals surface area contributed by atoms with E-state index in [0.717, 1.165) is 6.42 Å². The highest BCUT2D eigenvalue weighted by atomic mass is 16.1. The van der Waals surface area contributed by atoms with Crippen molar-refractivity contribution in [3.05, 3.63) is 0 Å². The molecule has 1 amide bonds. The highest BCUT2D eigenvalue weighted by molar-refractivity contribution is 5.76. The van der Waals surface area contributed by atoms with Crippen LogP contribution in [0.5, 0.6) is 0 Å². The molecular weight excluding hydrogens is 152 g/mol. The Hall–Kier alpha value is -0.570. The molecule has 2 atom stereocenters. The molecule has 0 bridgehead atoms. The molecule has 0 radical (unpaired) electrons. The summed E-state index contributed by atoms with van der Waals surface area (Å²) in [4.78, 5) is 11.2. The first-order valence-corrected chi connectivity index (χ1v) is 4.59. The molecule has 0 aliphatic rings. The van der Waals surface area contributed by atoms with Crippen molar-refractivity contribution in [2.45, 2.75) is 39.7 Å². The lowest BCUT2D eigenvalue weighted by Crippen LogP contribution is -2.38. The molecule has 0 aromatic rings. The number of nitrogens with two attached hydrogens (primary N) is 1. The fourth-order valence-electron chi connectivity index (χ4n) is 0.854. The zero-order valence-electron chi connectivity index (χ0n) is 8.26. The second-order valence-electron chi connectivity index (χ2n) is 3.42. The van der Waals surface area contributed by atoms with Crippen LogP contribution in [0.3, 0.4) is 0 Å². The Balaban J connectivity index is 3.59. The van der Waals surface area contributed by atoms with E-state index >= 15 is 0 Å². The molecule has 0 heterocycles. The van der Waals surface area contributed by atoms with E-state index in [4.69, 9.17) is 5.73 Å². The van der Waals surface area contributed by atoms with Crippen LogP contribution in [-0.4, -0.2) is 18.5 Å². The van der Waals surface area contributed by atoms with Crippen LogP contribution in [0, 0.1) is 5.92 Å². The second kappa shape index (κ2) is 6.00. The van der Waals surface area contributed by atoms with Gasteiger partial charge in [0.05, 0.1) is 0 Å². The van der Waals surface area contributed by atoms with Gasteiger partial charge in [0.1, 0.15) is 0 Å². The molecule has 12 heavy (non-hydrogen) atoms. The minimum atomic E-state index is 0.0987. The highest BCUT2D eigenvalue weighted by Crippen LogP contribution is 2.05. The van der Waals surface area contributed by atoms with Crippen LogP contribution in [0.4, 0.5) is 0 Å². The SMILES string of the molecule is CCC(C)CC(=O)NC(C)CN. The molecule has 3 nitrogen and oxygen atoms in total. The van der Waals surface area contributed by atoms with Crippen LogP contribution < -0.4 is 11.1 Å². The molecule has 0 aromatic carbocycles. The van der Waals surface area contributed by atoms with Gasteiger partial charge >= 0.3 is 0 Å². The number of carbonyl (C=O) groups excluding carboxylic acids is 1. The van der Waals surface area contributed by atoms with Gasteiger partial charge in [-0.1, -0.05) is 20.3 Å². The molecular formula is C9H20N2O. The Morgan fingerprint density at radius 1 is 1.50 bits per heavy atom. The van der Waals surface area contributed by atoms with Crippen molar-refractivity contribution in [1.29, 1.82) is 0 Å². The van der Waals surface area contributed by atoms with Crippen molar-refractivity contribution >= 4 is 5.91 Å². The number of hydrogen-bond donors (Lipinski definition) is 2. The zero-order valence-corrected chi connectivity index (χ0v) is 8.26. The number of rotatable bonds is 5. The lowest BCUT2D eigenvalue weighted by molar-refractivity contribution is -0.122. The summed E-state index contributed by atoms with van der Waals surface area (Å²) < 4.78 is 0. The first-order valence-electron chi connectivity index (χ1n) is 4.59. The summed E-state index contributed by atoms with van der Waals surface area (Å²) in [5, 5.41) is 2.83. The van der Waals surface area contributed by atoms with E-state index in [9.17, 15) is 4.79 Å². The maximum absolute atomic E-state index is 11.2. The van der Waals surface area contributed by atoms with Gasteiger partial charge < -0.3 is 11.1 Å². The van der Waals surface area contributed by atoms with E-state index in [1.807, 2.05) is 6.92 Å². The van der Waals surface area contributed by atoms with Gasteiger partial charge in [-0.3, -0.25) is 4.79 Å². The van der Waals surface area contributed by atoms with Crippen LogP contribution in [0.25, 0.3) is 0 Å². The Kier molecular flexibility index (Phi) is 5.72. The molecule has 3 N–H and O–H groups in total. The van der Waals surface area contributed by atoms with E-state index in [0.29, 0.717) is 18.9 Å². The van der Waals surface area contributed by atoms with Crippen LogP contribution in [-0.2, 0) is 4.79 Å². The van der Waals surface area contributed by atoms with Gasteiger partial charge in [-0.25, -0.2) is 0 Å². The molecule has 0 rings (SSSR count). The summed E-state index contributed by atoms with van der Waals surface area (Å²) in [5.74, 6) is 0.581. The van der Waals surface area contributed by atoms with E-state index in [-0.39, 0.29) is 11.9 Å². The molecule has 0 saturated carbocycles. The fraction of sp³-hybridized carbons (Fsp3) is 0.889. The van der Waals surface area contributed by atoms with Crippen LogP contribution >= 0.6 is 0 Å². The monoisotopic (exact) mass is 172 g/mol. The molecule has 0 spiro atoms. The predicted molar refractivity (Wildman–Crippen MR) is 50.7 cm³/mol. The lowest BCUT2D eigenvalue weighted by atomic mass is 10.0. The zero-order chi connectivity index (χ0) is 9.56. The topological polar surface area (TPSA) is 55.1 Å². The number of carbonyl (C=O) groups is 1. The van der Waals surface area contributed by atoms with Gasteiger partial charge in [0.2, 0.25) is 5.91 Å². The van der Waals surface area contributed by atoms with Crippen LogP contribution in [0.1, 0.15) is 33.6 Å². The highest BCUT2D eigenvalue weighted by Gasteiger charge is 2.08. The minimum absolute atomic E-state index is 0.0987. The fourth-order valence-corrected chi connectivity index (χ4v) is 0.854. The Morgan fingerprint density at radius 2 is 2.08 bits per heavy atom. The van der Waals surface area contributed by atoms with Crippen LogP contribution in [0.15, 0.2) is 0 Å². The summed E-state index contributed by atoms with van der Waals surface area (Å²) in [7, 11) is 0. The van der Waals surface area contributed by atoms with Gasteiger partial charge in [-0.2, -0.15) is 0 Å². The van der Waals surface area contributed by atoms with Gasteiger partial charge in [0, 0.05) is 19.0 Å². The molecule has 0 aliphatic carbocycles. The van der Waals surface area contributed by atoms with Gasteiger partial charge in [-0.05, 0) is 12.8 Å². The summed E-state index contributed by atoms with van der Waals surface area (Å²) in [6, 6.07) is 0.0987. The molecule has 0 aromatic heterocycles. The van der Waals surface area contributed by atoms with E-state index < -0.39 is 0 Å². The number of nitrogens with one attached hydrogen (secondary N) is 1. The summed E-state index contributed by atoms with van der Waals surface area (Å²) >= 11 is 0.